The van der Waals surface area contributed by atoms with E-state index in [0.717, 1.165) is 6.07 Å². The fourth-order valence-corrected chi connectivity index (χ4v) is 4.11. The molecule has 2 amide bonds. The summed E-state index contributed by atoms with van der Waals surface area (Å²) in [6, 6.07) is 16.5. The monoisotopic (exact) mass is 468 g/mol. The molecule has 170 valence electrons. The van der Waals surface area contributed by atoms with E-state index < -0.39 is 32.8 Å². The minimum absolute atomic E-state index is 0.143. The summed E-state index contributed by atoms with van der Waals surface area (Å²) in [5.41, 5.74) is 6.27. The lowest BCUT2D eigenvalue weighted by Gasteiger charge is -2.16. The van der Waals surface area contributed by atoms with Gasteiger partial charge in [-0.2, -0.15) is 0 Å². The van der Waals surface area contributed by atoms with Crippen molar-refractivity contribution in [2.45, 2.75) is 17.9 Å². The van der Waals surface area contributed by atoms with Crippen molar-refractivity contribution in [2.75, 3.05) is 4.72 Å². The van der Waals surface area contributed by atoms with Gasteiger partial charge in [0.05, 0.1) is 9.82 Å². The number of anilines is 1. The van der Waals surface area contributed by atoms with Crippen molar-refractivity contribution in [2.24, 2.45) is 5.73 Å². The molecule has 4 N–H and O–H groups in total. The predicted octanol–water partition coefficient (Wildman–Crippen LogP) is 2.66. The normalized spacial score (nSPS) is 11.9. The van der Waals surface area contributed by atoms with Gasteiger partial charge >= 0.3 is 0 Å². The molecular formula is C22H20N4O6S. The fraction of sp³-hybridized carbons (Fsp3) is 0.0909. The molecule has 3 aromatic rings. The summed E-state index contributed by atoms with van der Waals surface area (Å²) in [7, 11) is -4.10. The van der Waals surface area contributed by atoms with Crippen molar-refractivity contribution >= 4 is 33.2 Å². The maximum absolute atomic E-state index is 12.6. The van der Waals surface area contributed by atoms with Crippen LogP contribution in [0.2, 0.25) is 0 Å². The second-order valence-corrected chi connectivity index (χ2v) is 8.79. The lowest BCUT2D eigenvalue weighted by molar-refractivity contribution is -0.385. The number of aryl methyl sites for hydroxylation is 1. The molecule has 0 aromatic heterocycles. The number of nitro benzene ring substituents is 1. The summed E-state index contributed by atoms with van der Waals surface area (Å²) in [6.07, 6.45) is 0. The minimum Gasteiger partial charge on any atom is -0.368 e. The number of hydrogen-bond donors (Lipinski definition) is 3. The second-order valence-electron chi connectivity index (χ2n) is 7.11. The van der Waals surface area contributed by atoms with Crippen molar-refractivity contribution in [3.63, 3.8) is 0 Å². The van der Waals surface area contributed by atoms with Crippen LogP contribution in [-0.4, -0.2) is 25.2 Å². The molecule has 11 heteroatoms. The topological polar surface area (TPSA) is 162 Å². The van der Waals surface area contributed by atoms with Crippen molar-refractivity contribution in [1.82, 2.24) is 5.32 Å². The number of sulfonamides is 1. The van der Waals surface area contributed by atoms with Gasteiger partial charge in [-0.05, 0) is 42.8 Å². The molecule has 0 aliphatic heterocycles. The average Bonchev–Trinajstić information content (AvgIpc) is 2.78. The van der Waals surface area contributed by atoms with Gasteiger partial charge in [-0.15, -0.1) is 0 Å². The largest absolute Gasteiger partial charge is 0.368 e. The molecule has 1 atom stereocenters. The second kappa shape index (κ2) is 9.49. The highest BCUT2D eigenvalue weighted by atomic mass is 32.2. The van der Waals surface area contributed by atoms with E-state index in [1.807, 2.05) is 0 Å². The van der Waals surface area contributed by atoms with Crippen LogP contribution in [0.4, 0.5) is 11.4 Å². The predicted molar refractivity (Wildman–Crippen MR) is 121 cm³/mol. The van der Waals surface area contributed by atoms with Crippen LogP contribution in [-0.2, 0) is 14.8 Å². The highest BCUT2D eigenvalue weighted by Crippen LogP contribution is 2.24. The van der Waals surface area contributed by atoms with E-state index in [0.29, 0.717) is 11.1 Å². The van der Waals surface area contributed by atoms with Gasteiger partial charge in [0.25, 0.3) is 21.6 Å². The molecule has 0 aliphatic carbocycles. The molecule has 33 heavy (non-hydrogen) atoms. The summed E-state index contributed by atoms with van der Waals surface area (Å²) >= 11 is 0. The van der Waals surface area contributed by atoms with Gasteiger partial charge in [0.2, 0.25) is 5.91 Å². The first-order chi connectivity index (χ1) is 15.6. The van der Waals surface area contributed by atoms with Gasteiger partial charge in [0.1, 0.15) is 6.04 Å². The summed E-state index contributed by atoms with van der Waals surface area (Å²) in [6.45, 7) is 1.51. The van der Waals surface area contributed by atoms with Gasteiger partial charge in [-0.25, -0.2) is 8.42 Å². The number of hydrogen-bond acceptors (Lipinski definition) is 6. The van der Waals surface area contributed by atoms with Crippen LogP contribution in [0, 0.1) is 17.0 Å². The molecule has 10 nitrogen and oxygen atoms in total. The van der Waals surface area contributed by atoms with Crippen LogP contribution < -0.4 is 15.8 Å². The van der Waals surface area contributed by atoms with Gasteiger partial charge in [0.15, 0.2) is 0 Å². The first-order valence-corrected chi connectivity index (χ1v) is 11.1. The molecule has 0 bridgehead atoms. The Morgan fingerprint density at radius 2 is 1.64 bits per heavy atom. The number of nitrogens with zero attached hydrogens (tertiary/aromatic N) is 1. The van der Waals surface area contributed by atoms with Crippen molar-refractivity contribution in [3.8, 4) is 0 Å². The molecule has 3 aromatic carbocycles. The molecule has 0 radical (unpaired) electrons. The molecule has 0 aliphatic rings. The Morgan fingerprint density at radius 3 is 2.21 bits per heavy atom. The van der Waals surface area contributed by atoms with Crippen LogP contribution in [0.15, 0.2) is 77.7 Å². The first kappa shape index (κ1) is 23.4. The van der Waals surface area contributed by atoms with Crippen LogP contribution in [0.1, 0.15) is 27.5 Å². The summed E-state index contributed by atoms with van der Waals surface area (Å²) in [5.74, 6) is -1.31. The first-order valence-electron chi connectivity index (χ1n) is 9.61. The quantitative estimate of drug-likeness (QED) is 0.340. The Morgan fingerprint density at radius 1 is 1.00 bits per heavy atom. The van der Waals surface area contributed by atoms with E-state index in [1.165, 1.54) is 43.3 Å². The van der Waals surface area contributed by atoms with E-state index in [2.05, 4.69) is 10.0 Å². The lowest BCUT2D eigenvalue weighted by Crippen LogP contribution is -2.37. The maximum Gasteiger partial charge on any atom is 0.273 e. The van der Waals surface area contributed by atoms with E-state index in [1.54, 1.807) is 30.3 Å². The molecule has 0 saturated heterocycles. The van der Waals surface area contributed by atoms with Crippen LogP contribution in [0.5, 0.6) is 0 Å². The number of nitro groups is 1. The smallest absolute Gasteiger partial charge is 0.273 e. The van der Waals surface area contributed by atoms with Crippen LogP contribution in [0.3, 0.4) is 0 Å². The van der Waals surface area contributed by atoms with Gasteiger partial charge in [-0.1, -0.05) is 36.4 Å². The minimum atomic E-state index is -4.10. The van der Waals surface area contributed by atoms with Gasteiger partial charge in [-0.3, -0.25) is 24.4 Å². The van der Waals surface area contributed by atoms with Crippen molar-refractivity contribution in [3.05, 3.63) is 99.6 Å². The third-order valence-corrected chi connectivity index (χ3v) is 6.16. The number of nitrogens with two attached hydrogens (primary N) is 1. The highest BCUT2D eigenvalue weighted by molar-refractivity contribution is 7.92. The number of carbonyl (C=O) groups excluding carboxylic acids is 2. The van der Waals surface area contributed by atoms with E-state index in [9.17, 15) is 28.1 Å². The summed E-state index contributed by atoms with van der Waals surface area (Å²) in [4.78, 5) is 34.5. The fourth-order valence-electron chi connectivity index (χ4n) is 3.04. The number of amides is 2. The van der Waals surface area contributed by atoms with E-state index >= 15 is 0 Å². The molecule has 0 saturated carbocycles. The average molecular weight is 468 g/mol. The Hall–Kier alpha value is -4.25. The zero-order valence-corrected chi connectivity index (χ0v) is 18.2. The third-order valence-electron chi connectivity index (χ3n) is 4.78. The van der Waals surface area contributed by atoms with E-state index in [4.69, 9.17) is 5.73 Å². The van der Waals surface area contributed by atoms with E-state index in [-0.39, 0.29) is 21.8 Å². The highest BCUT2D eigenvalue weighted by Gasteiger charge is 2.22. The zero-order chi connectivity index (χ0) is 24.2. The molecule has 0 spiro atoms. The maximum atomic E-state index is 12.6. The Labute approximate surface area is 189 Å². The van der Waals surface area contributed by atoms with Gasteiger partial charge in [0, 0.05) is 22.9 Å². The number of benzene rings is 3. The van der Waals surface area contributed by atoms with Crippen LogP contribution in [0.25, 0.3) is 0 Å². The number of primary amides is 1. The van der Waals surface area contributed by atoms with Crippen molar-refractivity contribution in [1.29, 1.82) is 0 Å². The van der Waals surface area contributed by atoms with Crippen molar-refractivity contribution < 1.29 is 22.9 Å². The summed E-state index contributed by atoms with van der Waals surface area (Å²) < 4.78 is 27.6. The zero-order valence-electron chi connectivity index (χ0n) is 17.4. The Balaban J connectivity index is 1.76. The molecule has 3 rings (SSSR count). The van der Waals surface area contributed by atoms with Gasteiger partial charge < -0.3 is 11.1 Å². The number of carbonyl (C=O) groups is 2. The molecule has 0 fully saturated rings. The Kier molecular flexibility index (Phi) is 6.73. The lowest BCUT2D eigenvalue weighted by atomic mass is 10.1. The molecule has 0 heterocycles. The standard InChI is InChI=1S/C22H20N4O6S/c1-14-7-12-18(13-19(14)26(29)30)33(31,32)25-17-10-8-16(9-11-17)22(28)24-20(21(23)27)15-5-3-2-4-6-15/h2-13,20,25H,1H3,(H2,23,27)(H,24,28). The third kappa shape index (κ3) is 5.52. The number of rotatable bonds is 8. The molecular weight excluding hydrogens is 448 g/mol. The molecule has 1 unspecified atom stereocenters. The summed E-state index contributed by atoms with van der Waals surface area (Å²) in [5, 5.41) is 13.6. The number of nitrogens with one attached hydrogen (secondary N) is 2. The van der Waals surface area contributed by atoms with Crippen LogP contribution >= 0.6 is 0 Å². The SMILES string of the molecule is Cc1ccc(S(=O)(=O)Nc2ccc(C(=O)NC(C(N)=O)c3ccccc3)cc2)cc1[N+](=O)[O-]. The Bertz CT molecular complexity index is 1310.